The molecule has 2 rings (SSSR count). The summed E-state index contributed by atoms with van der Waals surface area (Å²) in [6, 6.07) is 7.60. The molecule has 0 radical (unpaired) electrons. The van der Waals surface area contributed by atoms with Crippen molar-refractivity contribution < 1.29 is 8.42 Å². The maximum atomic E-state index is 11.9. The van der Waals surface area contributed by atoms with E-state index in [9.17, 15) is 8.42 Å². The Labute approximate surface area is 121 Å². The summed E-state index contributed by atoms with van der Waals surface area (Å²) >= 11 is 0. The van der Waals surface area contributed by atoms with Crippen molar-refractivity contribution in [2.45, 2.75) is 13.8 Å². The van der Waals surface area contributed by atoms with Crippen LogP contribution in [0.4, 0.5) is 11.4 Å². The Balaban J connectivity index is 2.01. The largest absolute Gasteiger partial charge is 0.369 e. The summed E-state index contributed by atoms with van der Waals surface area (Å²) in [6.45, 7) is 7.74. The van der Waals surface area contributed by atoms with Gasteiger partial charge in [0, 0.05) is 37.6 Å². The van der Waals surface area contributed by atoms with Crippen molar-refractivity contribution in [2.24, 2.45) is 5.92 Å². The van der Waals surface area contributed by atoms with E-state index in [-0.39, 0.29) is 11.7 Å². The van der Waals surface area contributed by atoms with Gasteiger partial charge in [0.15, 0.2) is 0 Å². The second kappa shape index (κ2) is 6.45. The van der Waals surface area contributed by atoms with E-state index in [0.717, 1.165) is 31.9 Å². The second-order valence-corrected chi connectivity index (χ2v) is 7.33. The van der Waals surface area contributed by atoms with Crippen LogP contribution < -0.4 is 14.9 Å². The number of rotatable bonds is 5. The van der Waals surface area contributed by atoms with Crippen molar-refractivity contribution in [3.05, 3.63) is 24.3 Å². The van der Waals surface area contributed by atoms with E-state index >= 15 is 0 Å². The third-order valence-electron chi connectivity index (χ3n) is 3.18. The molecular weight excluding hydrogens is 274 g/mol. The SMILES string of the molecule is CC(C)CS(=O)(=O)Nc1ccc(N2CCNCC2)cc1. The van der Waals surface area contributed by atoms with Crippen molar-refractivity contribution >= 4 is 21.4 Å². The molecule has 1 saturated heterocycles. The van der Waals surface area contributed by atoms with Crippen LogP contribution in [0.5, 0.6) is 0 Å². The van der Waals surface area contributed by atoms with Gasteiger partial charge in [0.25, 0.3) is 0 Å². The summed E-state index contributed by atoms with van der Waals surface area (Å²) in [5.41, 5.74) is 1.77. The monoisotopic (exact) mass is 297 g/mol. The highest BCUT2D eigenvalue weighted by Crippen LogP contribution is 2.19. The molecule has 0 unspecified atom stereocenters. The van der Waals surface area contributed by atoms with Crippen molar-refractivity contribution in [3.8, 4) is 0 Å². The first kappa shape index (κ1) is 15.1. The number of piperazine rings is 1. The highest BCUT2D eigenvalue weighted by molar-refractivity contribution is 7.92. The predicted molar refractivity (Wildman–Crippen MR) is 83.8 cm³/mol. The maximum Gasteiger partial charge on any atom is 0.232 e. The molecule has 112 valence electrons. The molecule has 5 nitrogen and oxygen atoms in total. The van der Waals surface area contributed by atoms with Crippen molar-refractivity contribution in [3.63, 3.8) is 0 Å². The van der Waals surface area contributed by atoms with Crippen molar-refractivity contribution in [2.75, 3.05) is 41.6 Å². The fraction of sp³-hybridized carbons (Fsp3) is 0.571. The van der Waals surface area contributed by atoms with Crippen LogP contribution in [0.2, 0.25) is 0 Å². The van der Waals surface area contributed by atoms with Gasteiger partial charge in [-0.05, 0) is 30.2 Å². The van der Waals surface area contributed by atoms with Crippen LogP contribution >= 0.6 is 0 Å². The lowest BCUT2D eigenvalue weighted by molar-refractivity contribution is 0.587. The molecular formula is C14H23N3O2S. The molecule has 1 aliphatic rings. The lowest BCUT2D eigenvalue weighted by atomic mass is 10.2. The molecule has 0 amide bonds. The van der Waals surface area contributed by atoms with Crippen LogP contribution in [0.15, 0.2) is 24.3 Å². The van der Waals surface area contributed by atoms with Gasteiger partial charge in [0.2, 0.25) is 10.0 Å². The third kappa shape index (κ3) is 4.38. The summed E-state index contributed by atoms with van der Waals surface area (Å²) in [4.78, 5) is 2.29. The van der Waals surface area contributed by atoms with Crippen molar-refractivity contribution in [1.29, 1.82) is 0 Å². The van der Waals surface area contributed by atoms with Crippen LogP contribution in [-0.4, -0.2) is 40.3 Å². The van der Waals surface area contributed by atoms with E-state index in [1.165, 1.54) is 0 Å². The van der Waals surface area contributed by atoms with Gasteiger partial charge >= 0.3 is 0 Å². The molecule has 0 saturated carbocycles. The first-order chi connectivity index (χ1) is 9.46. The van der Waals surface area contributed by atoms with Crippen LogP contribution in [0.3, 0.4) is 0 Å². The summed E-state index contributed by atoms with van der Waals surface area (Å²) in [5.74, 6) is 0.264. The standard InChI is InChI=1S/C14H23N3O2S/c1-12(2)11-20(18,19)16-13-3-5-14(6-4-13)17-9-7-15-8-10-17/h3-6,12,15-16H,7-11H2,1-2H3. The molecule has 1 aliphatic heterocycles. The van der Waals surface area contributed by atoms with Gasteiger partial charge in [-0.2, -0.15) is 0 Å². The molecule has 1 aromatic rings. The Morgan fingerprint density at radius 1 is 1.20 bits per heavy atom. The molecule has 1 heterocycles. The Morgan fingerprint density at radius 3 is 2.35 bits per heavy atom. The predicted octanol–water partition coefficient (Wildman–Crippen LogP) is 1.49. The smallest absolute Gasteiger partial charge is 0.232 e. The molecule has 0 bridgehead atoms. The molecule has 0 atom stereocenters. The average molecular weight is 297 g/mol. The molecule has 2 N–H and O–H groups in total. The van der Waals surface area contributed by atoms with Crippen LogP contribution in [0.1, 0.15) is 13.8 Å². The molecule has 20 heavy (non-hydrogen) atoms. The Kier molecular flexibility index (Phi) is 4.88. The molecule has 0 aliphatic carbocycles. The summed E-state index contributed by atoms with van der Waals surface area (Å²) in [6.07, 6.45) is 0. The molecule has 0 spiro atoms. The second-order valence-electron chi connectivity index (χ2n) is 5.56. The Bertz CT molecular complexity index is 520. The van der Waals surface area contributed by atoms with E-state index in [1.54, 1.807) is 0 Å². The number of anilines is 2. The number of hydrogen-bond acceptors (Lipinski definition) is 4. The molecule has 1 fully saturated rings. The van der Waals surface area contributed by atoms with Gasteiger partial charge in [-0.1, -0.05) is 13.8 Å². The van der Waals surface area contributed by atoms with Gasteiger partial charge in [-0.25, -0.2) is 8.42 Å². The van der Waals surface area contributed by atoms with E-state index < -0.39 is 10.0 Å². The lowest BCUT2D eigenvalue weighted by Gasteiger charge is -2.29. The number of nitrogens with zero attached hydrogens (tertiary/aromatic N) is 1. The zero-order valence-corrected chi connectivity index (χ0v) is 12.9. The lowest BCUT2D eigenvalue weighted by Crippen LogP contribution is -2.43. The van der Waals surface area contributed by atoms with E-state index in [1.807, 2.05) is 38.1 Å². The van der Waals surface area contributed by atoms with Crippen molar-refractivity contribution in [1.82, 2.24) is 5.32 Å². The van der Waals surface area contributed by atoms with Crippen LogP contribution in [-0.2, 0) is 10.0 Å². The molecule has 0 aromatic heterocycles. The molecule has 6 heteroatoms. The minimum Gasteiger partial charge on any atom is -0.369 e. The topological polar surface area (TPSA) is 61.4 Å². The zero-order valence-electron chi connectivity index (χ0n) is 12.1. The van der Waals surface area contributed by atoms with E-state index in [4.69, 9.17) is 0 Å². The van der Waals surface area contributed by atoms with Gasteiger partial charge in [0.1, 0.15) is 0 Å². The minimum atomic E-state index is -3.25. The first-order valence-electron chi connectivity index (χ1n) is 7.02. The molecule has 1 aromatic carbocycles. The highest BCUT2D eigenvalue weighted by Gasteiger charge is 2.14. The highest BCUT2D eigenvalue weighted by atomic mass is 32.2. The Morgan fingerprint density at radius 2 is 1.80 bits per heavy atom. The average Bonchev–Trinajstić information content (AvgIpc) is 2.38. The van der Waals surface area contributed by atoms with Crippen LogP contribution in [0, 0.1) is 5.92 Å². The summed E-state index contributed by atoms with van der Waals surface area (Å²) in [7, 11) is -3.25. The van der Waals surface area contributed by atoms with Gasteiger partial charge in [-0.3, -0.25) is 4.72 Å². The van der Waals surface area contributed by atoms with Gasteiger partial charge in [0.05, 0.1) is 5.75 Å². The minimum absolute atomic E-state index is 0.118. The maximum absolute atomic E-state index is 11.9. The third-order valence-corrected chi connectivity index (χ3v) is 4.83. The number of benzene rings is 1. The summed E-state index contributed by atoms with van der Waals surface area (Å²) in [5, 5.41) is 3.31. The fourth-order valence-electron chi connectivity index (χ4n) is 2.32. The van der Waals surface area contributed by atoms with Gasteiger partial charge < -0.3 is 10.2 Å². The Hall–Kier alpha value is -1.27. The number of nitrogens with one attached hydrogen (secondary N) is 2. The number of sulfonamides is 1. The van der Waals surface area contributed by atoms with E-state index in [2.05, 4.69) is 14.9 Å². The fourth-order valence-corrected chi connectivity index (χ4v) is 3.78. The number of hydrogen-bond donors (Lipinski definition) is 2. The van der Waals surface area contributed by atoms with Gasteiger partial charge in [-0.15, -0.1) is 0 Å². The zero-order chi connectivity index (χ0) is 14.6. The quantitative estimate of drug-likeness (QED) is 0.864. The van der Waals surface area contributed by atoms with E-state index in [0.29, 0.717) is 5.69 Å². The summed E-state index contributed by atoms with van der Waals surface area (Å²) < 4.78 is 26.4. The van der Waals surface area contributed by atoms with Crippen LogP contribution in [0.25, 0.3) is 0 Å². The normalized spacial score (nSPS) is 16.4. The first-order valence-corrected chi connectivity index (χ1v) is 8.68.